The Morgan fingerprint density at radius 2 is 2.39 bits per heavy atom. The molecule has 0 spiro atoms. The van der Waals surface area contributed by atoms with Crippen LogP contribution < -0.4 is 10.1 Å². The highest BCUT2D eigenvalue weighted by molar-refractivity contribution is 6.03. The SMILES string of the molecule is Cn1ncc(NC(=O)c2ccc3c(c2)CCO3)n1. The van der Waals surface area contributed by atoms with Crippen molar-refractivity contribution in [2.45, 2.75) is 6.42 Å². The Bertz CT molecular complexity index is 606. The summed E-state index contributed by atoms with van der Waals surface area (Å²) in [4.78, 5) is 13.4. The van der Waals surface area contributed by atoms with E-state index in [2.05, 4.69) is 15.5 Å². The van der Waals surface area contributed by atoms with Gasteiger partial charge in [0.2, 0.25) is 0 Å². The molecular formula is C12H12N4O2. The maximum absolute atomic E-state index is 12.0. The average Bonchev–Trinajstić information content (AvgIpc) is 2.96. The number of amides is 1. The number of nitrogens with one attached hydrogen (secondary N) is 1. The summed E-state index contributed by atoms with van der Waals surface area (Å²) in [7, 11) is 1.70. The molecule has 0 bridgehead atoms. The highest BCUT2D eigenvalue weighted by atomic mass is 16.5. The molecule has 0 unspecified atom stereocenters. The first-order valence-electron chi connectivity index (χ1n) is 5.66. The van der Waals surface area contributed by atoms with Crippen LogP contribution >= 0.6 is 0 Å². The van der Waals surface area contributed by atoms with Crippen LogP contribution in [0.1, 0.15) is 15.9 Å². The van der Waals surface area contributed by atoms with Crippen LogP contribution in [0, 0.1) is 0 Å². The number of anilines is 1. The van der Waals surface area contributed by atoms with E-state index in [0.29, 0.717) is 18.0 Å². The minimum absolute atomic E-state index is 0.190. The van der Waals surface area contributed by atoms with Crippen LogP contribution in [0.2, 0.25) is 0 Å². The van der Waals surface area contributed by atoms with Crippen LogP contribution in [0.4, 0.5) is 5.82 Å². The minimum atomic E-state index is -0.190. The molecule has 3 rings (SSSR count). The number of fused-ring (bicyclic) bond motifs is 1. The van der Waals surface area contributed by atoms with Gasteiger partial charge < -0.3 is 10.1 Å². The van der Waals surface area contributed by atoms with Crippen LogP contribution in [0.5, 0.6) is 5.75 Å². The molecule has 1 aromatic carbocycles. The zero-order valence-corrected chi connectivity index (χ0v) is 9.88. The molecule has 92 valence electrons. The summed E-state index contributed by atoms with van der Waals surface area (Å²) in [6.07, 6.45) is 2.36. The molecule has 6 nitrogen and oxygen atoms in total. The number of benzene rings is 1. The Morgan fingerprint density at radius 1 is 1.50 bits per heavy atom. The second-order valence-corrected chi connectivity index (χ2v) is 4.09. The van der Waals surface area contributed by atoms with Gasteiger partial charge in [0.1, 0.15) is 5.75 Å². The van der Waals surface area contributed by atoms with Crippen molar-refractivity contribution in [2.75, 3.05) is 11.9 Å². The van der Waals surface area contributed by atoms with Gasteiger partial charge in [-0.25, -0.2) is 0 Å². The van der Waals surface area contributed by atoms with E-state index < -0.39 is 0 Å². The summed E-state index contributed by atoms with van der Waals surface area (Å²) in [6.45, 7) is 0.685. The van der Waals surface area contributed by atoms with Crippen LogP contribution in [0.3, 0.4) is 0 Å². The van der Waals surface area contributed by atoms with Crippen molar-refractivity contribution >= 4 is 11.7 Å². The van der Waals surface area contributed by atoms with E-state index in [9.17, 15) is 4.79 Å². The maximum Gasteiger partial charge on any atom is 0.256 e. The zero-order chi connectivity index (χ0) is 12.5. The third kappa shape index (κ3) is 1.92. The number of aryl methyl sites for hydroxylation is 1. The van der Waals surface area contributed by atoms with Crippen LogP contribution in [-0.2, 0) is 13.5 Å². The van der Waals surface area contributed by atoms with Crippen molar-refractivity contribution in [1.82, 2.24) is 15.0 Å². The third-order valence-electron chi connectivity index (χ3n) is 2.79. The second kappa shape index (κ2) is 4.14. The normalized spacial score (nSPS) is 12.9. The van der Waals surface area contributed by atoms with Crippen LogP contribution in [0.25, 0.3) is 0 Å². The van der Waals surface area contributed by atoms with E-state index in [1.54, 1.807) is 13.1 Å². The smallest absolute Gasteiger partial charge is 0.256 e. The molecule has 0 aliphatic carbocycles. The van der Waals surface area contributed by atoms with Gasteiger partial charge in [-0.2, -0.15) is 9.90 Å². The first-order chi connectivity index (χ1) is 8.72. The predicted octanol–water partition coefficient (Wildman–Crippen LogP) is 1.00. The predicted molar refractivity (Wildman–Crippen MR) is 64.6 cm³/mol. The largest absolute Gasteiger partial charge is 0.493 e. The number of rotatable bonds is 2. The molecule has 0 saturated heterocycles. The van der Waals surface area contributed by atoms with Crippen molar-refractivity contribution < 1.29 is 9.53 Å². The highest BCUT2D eigenvalue weighted by Crippen LogP contribution is 2.26. The summed E-state index contributed by atoms with van der Waals surface area (Å²) in [5.41, 5.74) is 1.67. The van der Waals surface area contributed by atoms with Gasteiger partial charge in [0.05, 0.1) is 12.8 Å². The summed E-state index contributed by atoms with van der Waals surface area (Å²) in [5, 5.41) is 10.6. The zero-order valence-electron chi connectivity index (χ0n) is 9.88. The van der Waals surface area contributed by atoms with Gasteiger partial charge in [0.25, 0.3) is 5.91 Å². The lowest BCUT2D eigenvalue weighted by Crippen LogP contribution is -2.12. The number of hydrogen-bond donors (Lipinski definition) is 1. The summed E-state index contributed by atoms with van der Waals surface area (Å²) in [5.74, 6) is 1.12. The Balaban J connectivity index is 1.80. The molecule has 2 aromatic rings. The molecule has 1 aliphatic rings. The number of nitrogens with zero attached hydrogens (tertiary/aromatic N) is 3. The lowest BCUT2D eigenvalue weighted by atomic mass is 10.1. The molecule has 2 heterocycles. The van der Waals surface area contributed by atoms with Gasteiger partial charge in [-0.05, 0) is 23.8 Å². The molecule has 1 amide bonds. The first-order valence-corrected chi connectivity index (χ1v) is 5.66. The molecule has 1 N–H and O–H groups in total. The van der Waals surface area contributed by atoms with Gasteiger partial charge in [0, 0.05) is 19.0 Å². The topological polar surface area (TPSA) is 69.0 Å². The van der Waals surface area contributed by atoms with E-state index in [1.165, 1.54) is 11.0 Å². The fourth-order valence-electron chi connectivity index (χ4n) is 1.92. The van der Waals surface area contributed by atoms with E-state index in [1.807, 2.05) is 12.1 Å². The van der Waals surface area contributed by atoms with Gasteiger partial charge >= 0.3 is 0 Å². The highest BCUT2D eigenvalue weighted by Gasteiger charge is 2.15. The van der Waals surface area contributed by atoms with Crippen molar-refractivity contribution in [2.24, 2.45) is 7.05 Å². The molecule has 18 heavy (non-hydrogen) atoms. The fourth-order valence-corrected chi connectivity index (χ4v) is 1.92. The molecule has 0 radical (unpaired) electrons. The quantitative estimate of drug-likeness (QED) is 0.855. The van der Waals surface area contributed by atoms with Crippen molar-refractivity contribution in [3.8, 4) is 5.75 Å². The molecule has 0 fully saturated rings. The van der Waals surface area contributed by atoms with Crippen LogP contribution in [-0.4, -0.2) is 27.5 Å². The lowest BCUT2D eigenvalue weighted by molar-refractivity contribution is 0.102. The molecular weight excluding hydrogens is 232 g/mol. The molecule has 0 saturated carbocycles. The van der Waals surface area contributed by atoms with Crippen LogP contribution in [0.15, 0.2) is 24.4 Å². The molecule has 1 aliphatic heterocycles. The lowest BCUT2D eigenvalue weighted by Gasteiger charge is -2.03. The first kappa shape index (κ1) is 10.8. The van der Waals surface area contributed by atoms with E-state index in [-0.39, 0.29) is 5.91 Å². The Labute approximate surface area is 104 Å². The standard InChI is InChI=1S/C12H12N4O2/c1-16-13-7-11(15-16)14-12(17)9-2-3-10-8(6-9)4-5-18-10/h2-3,6-7H,4-5H2,1H3,(H,14,15,17). The number of aromatic nitrogens is 3. The Hall–Kier alpha value is -2.37. The van der Waals surface area contributed by atoms with Crippen molar-refractivity contribution in [3.63, 3.8) is 0 Å². The number of carbonyl (C=O) groups is 1. The molecule has 0 atom stereocenters. The van der Waals surface area contributed by atoms with Crippen molar-refractivity contribution in [1.29, 1.82) is 0 Å². The molecule has 6 heteroatoms. The number of carbonyl (C=O) groups excluding carboxylic acids is 1. The number of ether oxygens (including phenoxy) is 1. The summed E-state index contributed by atoms with van der Waals surface area (Å²) >= 11 is 0. The van der Waals surface area contributed by atoms with Crippen molar-refractivity contribution in [3.05, 3.63) is 35.5 Å². The van der Waals surface area contributed by atoms with Gasteiger partial charge in [-0.1, -0.05) is 0 Å². The third-order valence-corrected chi connectivity index (χ3v) is 2.79. The summed E-state index contributed by atoms with van der Waals surface area (Å²) in [6, 6.07) is 5.43. The van der Waals surface area contributed by atoms with Gasteiger partial charge in [-0.3, -0.25) is 4.79 Å². The van der Waals surface area contributed by atoms with E-state index in [0.717, 1.165) is 17.7 Å². The van der Waals surface area contributed by atoms with Gasteiger partial charge in [0.15, 0.2) is 5.82 Å². The van der Waals surface area contributed by atoms with E-state index in [4.69, 9.17) is 4.74 Å². The maximum atomic E-state index is 12.0. The monoisotopic (exact) mass is 244 g/mol. The fraction of sp³-hybridized carbons (Fsp3) is 0.250. The van der Waals surface area contributed by atoms with E-state index >= 15 is 0 Å². The Kier molecular flexibility index (Phi) is 2.47. The second-order valence-electron chi connectivity index (χ2n) is 4.09. The minimum Gasteiger partial charge on any atom is -0.493 e. The van der Waals surface area contributed by atoms with Gasteiger partial charge in [-0.15, -0.1) is 5.10 Å². The molecule has 1 aromatic heterocycles. The number of hydrogen-bond acceptors (Lipinski definition) is 4. The Morgan fingerprint density at radius 3 is 3.17 bits per heavy atom. The summed E-state index contributed by atoms with van der Waals surface area (Å²) < 4.78 is 5.40. The average molecular weight is 244 g/mol.